The predicted molar refractivity (Wildman–Crippen MR) is 104 cm³/mol. The fourth-order valence-electron chi connectivity index (χ4n) is 3.66. The molecule has 26 heavy (non-hydrogen) atoms. The monoisotopic (exact) mass is 352 g/mol. The van der Waals surface area contributed by atoms with Crippen LogP contribution in [0.15, 0.2) is 54.6 Å². The summed E-state index contributed by atoms with van der Waals surface area (Å²) in [5.74, 6) is 0.504. The van der Waals surface area contributed by atoms with Crippen molar-refractivity contribution in [3.8, 4) is 0 Å². The Morgan fingerprint density at radius 2 is 1.92 bits per heavy atom. The lowest BCUT2D eigenvalue weighted by molar-refractivity contribution is 0.0926. The number of hydrogen-bond donors (Lipinski definition) is 1. The van der Waals surface area contributed by atoms with Crippen LogP contribution in [0, 0.1) is 5.92 Å². The van der Waals surface area contributed by atoms with Gasteiger partial charge >= 0.3 is 0 Å². The molecule has 0 bridgehead atoms. The maximum atomic E-state index is 12.6. The van der Waals surface area contributed by atoms with E-state index in [1.807, 2.05) is 24.3 Å². The minimum Gasteiger partial charge on any atom is -0.380 e. The smallest absolute Gasteiger partial charge is 0.251 e. The fraction of sp³-hybridized carbons (Fsp3) is 0.409. The molecule has 1 atom stereocenters. The van der Waals surface area contributed by atoms with E-state index in [0.717, 1.165) is 31.7 Å². The van der Waals surface area contributed by atoms with Crippen molar-refractivity contribution in [3.63, 3.8) is 0 Å². The highest BCUT2D eigenvalue weighted by Gasteiger charge is 2.21. The zero-order valence-electron chi connectivity index (χ0n) is 15.5. The third kappa shape index (κ3) is 5.16. The van der Waals surface area contributed by atoms with Crippen LogP contribution in [-0.2, 0) is 17.9 Å². The van der Waals surface area contributed by atoms with Crippen molar-refractivity contribution in [3.05, 3.63) is 71.3 Å². The number of nitrogens with zero attached hydrogens (tertiary/aromatic N) is 1. The van der Waals surface area contributed by atoms with Gasteiger partial charge in [0.15, 0.2) is 0 Å². The number of carbonyl (C=O) groups is 1. The first-order valence-corrected chi connectivity index (χ1v) is 9.37. The second kappa shape index (κ2) is 9.51. The number of ether oxygens (including phenoxy) is 1. The highest BCUT2D eigenvalue weighted by atomic mass is 16.5. The quantitative estimate of drug-likeness (QED) is 0.829. The third-order valence-corrected chi connectivity index (χ3v) is 4.97. The molecule has 3 rings (SSSR count). The average Bonchev–Trinajstić information content (AvgIpc) is 2.68. The zero-order valence-corrected chi connectivity index (χ0v) is 15.5. The first kappa shape index (κ1) is 18.6. The average molecular weight is 352 g/mol. The number of likely N-dealkylation sites (tertiary alicyclic amines) is 1. The summed E-state index contributed by atoms with van der Waals surface area (Å²) >= 11 is 0. The SMILES string of the molecule is COCc1ccccc1C(=O)NCC1CCCN(Cc2ccccc2)C1. The molecule has 0 saturated carbocycles. The van der Waals surface area contributed by atoms with Crippen molar-refractivity contribution in [2.45, 2.75) is 26.0 Å². The van der Waals surface area contributed by atoms with Crippen LogP contribution < -0.4 is 5.32 Å². The van der Waals surface area contributed by atoms with Crippen molar-refractivity contribution in [1.82, 2.24) is 10.2 Å². The Hall–Kier alpha value is -2.17. The predicted octanol–water partition coefficient (Wildman–Crippen LogP) is 3.48. The Balaban J connectivity index is 1.52. The van der Waals surface area contributed by atoms with E-state index in [4.69, 9.17) is 4.74 Å². The molecule has 1 heterocycles. The van der Waals surface area contributed by atoms with Crippen molar-refractivity contribution >= 4 is 5.91 Å². The second-order valence-electron chi connectivity index (χ2n) is 7.03. The highest BCUT2D eigenvalue weighted by molar-refractivity contribution is 5.95. The lowest BCUT2D eigenvalue weighted by Gasteiger charge is -2.32. The van der Waals surface area contributed by atoms with E-state index in [1.54, 1.807) is 7.11 Å². The minimum atomic E-state index is -0.00201. The van der Waals surface area contributed by atoms with Gasteiger partial charge < -0.3 is 10.1 Å². The van der Waals surface area contributed by atoms with E-state index in [-0.39, 0.29) is 5.91 Å². The molecule has 1 saturated heterocycles. The van der Waals surface area contributed by atoms with Crippen LogP contribution in [0.3, 0.4) is 0 Å². The summed E-state index contributed by atoms with van der Waals surface area (Å²) in [4.78, 5) is 15.1. The molecule has 2 aromatic carbocycles. The lowest BCUT2D eigenvalue weighted by Crippen LogP contribution is -2.40. The molecule has 4 nitrogen and oxygen atoms in total. The largest absolute Gasteiger partial charge is 0.380 e. The normalized spacial score (nSPS) is 17.8. The molecule has 1 fully saturated rings. The Morgan fingerprint density at radius 1 is 1.15 bits per heavy atom. The molecule has 1 unspecified atom stereocenters. The number of piperidine rings is 1. The molecular weight excluding hydrogens is 324 g/mol. The number of methoxy groups -OCH3 is 1. The molecule has 1 aliphatic rings. The van der Waals surface area contributed by atoms with E-state index in [0.29, 0.717) is 18.1 Å². The first-order chi connectivity index (χ1) is 12.8. The van der Waals surface area contributed by atoms with E-state index >= 15 is 0 Å². The van der Waals surface area contributed by atoms with Crippen LogP contribution >= 0.6 is 0 Å². The fourth-order valence-corrected chi connectivity index (χ4v) is 3.66. The maximum Gasteiger partial charge on any atom is 0.251 e. The highest BCUT2D eigenvalue weighted by Crippen LogP contribution is 2.18. The number of hydrogen-bond acceptors (Lipinski definition) is 3. The van der Waals surface area contributed by atoms with Gasteiger partial charge in [0.05, 0.1) is 6.61 Å². The summed E-state index contributed by atoms with van der Waals surface area (Å²) in [7, 11) is 1.65. The van der Waals surface area contributed by atoms with E-state index < -0.39 is 0 Å². The molecule has 4 heteroatoms. The van der Waals surface area contributed by atoms with Gasteiger partial charge in [-0.15, -0.1) is 0 Å². The second-order valence-corrected chi connectivity index (χ2v) is 7.03. The van der Waals surface area contributed by atoms with Crippen LogP contribution in [0.2, 0.25) is 0 Å². The summed E-state index contributed by atoms with van der Waals surface area (Å²) in [6.07, 6.45) is 2.36. The van der Waals surface area contributed by atoms with Gasteiger partial charge in [0.2, 0.25) is 0 Å². The summed E-state index contributed by atoms with van der Waals surface area (Å²) in [5.41, 5.74) is 3.00. The van der Waals surface area contributed by atoms with Gasteiger partial charge in [0.1, 0.15) is 0 Å². The van der Waals surface area contributed by atoms with Crippen molar-refractivity contribution < 1.29 is 9.53 Å². The number of benzene rings is 2. The summed E-state index contributed by atoms with van der Waals surface area (Å²) in [6, 6.07) is 18.2. The van der Waals surface area contributed by atoms with Gasteiger partial charge in [-0.25, -0.2) is 0 Å². The molecule has 138 valence electrons. The summed E-state index contributed by atoms with van der Waals surface area (Å²) in [5, 5.41) is 3.13. The first-order valence-electron chi connectivity index (χ1n) is 9.37. The summed E-state index contributed by atoms with van der Waals surface area (Å²) in [6.45, 7) is 4.34. The molecule has 0 radical (unpaired) electrons. The van der Waals surface area contributed by atoms with Gasteiger partial charge in [0.25, 0.3) is 5.91 Å². The Labute approximate surface area is 156 Å². The van der Waals surface area contributed by atoms with E-state index in [9.17, 15) is 4.79 Å². The molecule has 1 N–H and O–H groups in total. The van der Waals surface area contributed by atoms with E-state index in [2.05, 4.69) is 40.5 Å². The molecule has 1 aliphatic heterocycles. The van der Waals surface area contributed by atoms with Crippen LogP contribution in [-0.4, -0.2) is 37.6 Å². The molecule has 0 aliphatic carbocycles. The van der Waals surface area contributed by atoms with Crippen LogP contribution in [0.25, 0.3) is 0 Å². The number of nitrogens with one attached hydrogen (secondary N) is 1. The lowest BCUT2D eigenvalue weighted by atomic mass is 9.97. The molecule has 0 aromatic heterocycles. The van der Waals surface area contributed by atoms with Gasteiger partial charge in [-0.1, -0.05) is 48.5 Å². The van der Waals surface area contributed by atoms with Gasteiger partial charge in [-0.3, -0.25) is 9.69 Å². The molecular formula is C22H28N2O2. The molecule has 1 amide bonds. The minimum absolute atomic E-state index is 0.00201. The van der Waals surface area contributed by atoms with E-state index in [1.165, 1.54) is 18.4 Å². The van der Waals surface area contributed by atoms with Gasteiger partial charge in [-0.2, -0.15) is 0 Å². The maximum absolute atomic E-state index is 12.6. The van der Waals surface area contributed by atoms with Crippen LogP contribution in [0.4, 0.5) is 0 Å². The van der Waals surface area contributed by atoms with Crippen LogP contribution in [0.1, 0.15) is 34.3 Å². The summed E-state index contributed by atoms with van der Waals surface area (Å²) < 4.78 is 5.20. The van der Waals surface area contributed by atoms with Crippen molar-refractivity contribution in [1.29, 1.82) is 0 Å². The third-order valence-electron chi connectivity index (χ3n) is 4.97. The standard InChI is InChI=1S/C22H28N2O2/c1-26-17-20-11-5-6-12-21(20)22(25)23-14-19-10-7-13-24(16-19)15-18-8-3-2-4-9-18/h2-6,8-9,11-12,19H,7,10,13-17H2,1H3,(H,23,25). The molecule has 0 spiro atoms. The zero-order chi connectivity index (χ0) is 18.2. The Kier molecular flexibility index (Phi) is 6.81. The Bertz CT molecular complexity index is 702. The topological polar surface area (TPSA) is 41.6 Å². The Morgan fingerprint density at radius 3 is 2.73 bits per heavy atom. The van der Waals surface area contributed by atoms with Gasteiger partial charge in [0, 0.05) is 32.3 Å². The number of rotatable bonds is 7. The van der Waals surface area contributed by atoms with Crippen molar-refractivity contribution in [2.75, 3.05) is 26.7 Å². The number of carbonyl (C=O) groups excluding carboxylic acids is 1. The molecule has 2 aromatic rings. The number of amides is 1. The van der Waals surface area contributed by atoms with Crippen LogP contribution in [0.5, 0.6) is 0 Å². The van der Waals surface area contributed by atoms with Crippen molar-refractivity contribution in [2.24, 2.45) is 5.92 Å². The van der Waals surface area contributed by atoms with Gasteiger partial charge in [-0.05, 0) is 42.5 Å².